The van der Waals surface area contributed by atoms with Crippen molar-refractivity contribution in [1.29, 1.82) is 0 Å². The van der Waals surface area contributed by atoms with Crippen LogP contribution in [0.2, 0.25) is 0 Å². The van der Waals surface area contributed by atoms with E-state index < -0.39 is 0 Å². The molecule has 0 unspecified atom stereocenters. The molecule has 1 aliphatic heterocycles. The van der Waals surface area contributed by atoms with E-state index >= 15 is 0 Å². The number of hydrogen-bond donors (Lipinski definition) is 1. The van der Waals surface area contributed by atoms with Crippen molar-refractivity contribution in [3.63, 3.8) is 0 Å². The van der Waals surface area contributed by atoms with Crippen molar-refractivity contribution in [2.24, 2.45) is 0 Å². The van der Waals surface area contributed by atoms with Crippen LogP contribution >= 0.6 is 0 Å². The van der Waals surface area contributed by atoms with Gasteiger partial charge in [-0.25, -0.2) is 0 Å². The summed E-state index contributed by atoms with van der Waals surface area (Å²) in [4.78, 5) is 2.54. The molecule has 0 amide bonds. The number of rotatable bonds is 3. The molecule has 1 fully saturated rings. The quantitative estimate of drug-likeness (QED) is 0.886. The van der Waals surface area contributed by atoms with Crippen LogP contribution in [0, 0.1) is 13.8 Å². The number of aromatic nitrogens is 2. The van der Waals surface area contributed by atoms with E-state index in [1.165, 1.54) is 17.0 Å². The molecular weight excluding hydrogens is 224 g/mol. The van der Waals surface area contributed by atoms with Gasteiger partial charge < -0.3 is 5.32 Å². The Kier molecular flexibility index (Phi) is 3.78. The fraction of sp³-hybridized carbons (Fsp3) is 0.786. The van der Waals surface area contributed by atoms with Gasteiger partial charge in [-0.2, -0.15) is 5.10 Å². The number of nitrogens with one attached hydrogen (secondary N) is 1. The van der Waals surface area contributed by atoms with Crippen LogP contribution in [0.15, 0.2) is 0 Å². The first-order valence-corrected chi connectivity index (χ1v) is 6.93. The highest BCUT2D eigenvalue weighted by Gasteiger charge is 2.26. The van der Waals surface area contributed by atoms with Crippen LogP contribution < -0.4 is 5.32 Å². The second-order valence-electron chi connectivity index (χ2n) is 5.99. The molecule has 2 rings (SSSR count). The van der Waals surface area contributed by atoms with E-state index in [-0.39, 0.29) is 5.54 Å². The molecule has 18 heavy (non-hydrogen) atoms. The van der Waals surface area contributed by atoms with E-state index in [9.17, 15) is 0 Å². The number of hydrogen-bond acceptors (Lipinski definition) is 3. The largest absolute Gasteiger partial charge is 0.309 e. The zero-order valence-electron chi connectivity index (χ0n) is 12.4. The summed E-state index contributed by atoms with van der Waals surface area (Å²) in [5.41, 5.74) is 4.15. The third-order valence-electron chi connectivity index (χ3n) is 3.86. The van der Waals surface area contributed by atoms with Crippen molar-refractivity contribution in [2.45, 2.75) is 53.2 Å². The number of nitrogens with zero attached hydrogens (tertiary/aromatic N) is 3. The van der Waals surface area contributed by atoms with Crippen LogP contribution in [-0.2, 0) is 13.1 Å². The summed E-state index contributed by atoms with van der Waals surface area (Å²) in [7, 11) is 0. The summed E-state index contributed by atoms with van der Waals surface area (Å²) in [6.45, 7) is 16.3. The minimum absolute atomic E-state index is 0.223. The molecule has 1 aromatic rings. The van der Waals surface area contributed by atoms with E-state index in [0.717, 1.165) is 32.7 Å². The predicted molar refractivity (Wildman–Crippen MR) is 74.7 cm³/mol. The maximum atomic E-state index is 4.60. The highest BCUT2D eigenvalue weighted by atomic mass is 15.3. The summed E-state index contributed by atoms with van der Waals surface area (Å²) < 4.78 is 2.11. The minimum atomic E-state index is 0.223. The van der Waals surface area contributed by atoms with Gasteiger partial charge in [-0.15, -0.1) is 0 Å². The van der Waals surface area contributed by atoms with E-state index in [0.29, 0.717) is 0 Å². The Hall–Kier alpha value is -0.870. The molecule has 0 radical (unpaired) electrons. The van der Waals surface area contributed by atoms with Crippen molar-refractivity contribution < 1.29 is 0 Å². The van der Waals surface area contributed by atoms with Crippen molar-refractivity contribution in [3.05, 3.63) is 17.0 Å². The van der Waals surface area contributed by atoms with Gasteiger partial charge in [0, 0.05) is 49.5 Å². The topological polar surface area (TPSA) is 33.1 Å². The van der Waals surface area contributed by atoms with Crippen LogP contribution in [-0.4, -0.2) is 39.9 Å². The Balaban J connectivity index is 2.12. The lowest BCUT2D eigenvalue weighted by Crippen LogP contribution is -2.56. The van der Waals surface area contributed by atoms with Crippen molar-refractivity contribution in [3.8, 4) is 0 Å². The van der Waals surface area contributed by atoms with Gasteiger partial charge in [0.25, 0.3) is 0 Å². The first-order chi connectivity index (χ1) is 8.43. The number of aryl methyl sites for hydroxylation is 2. The molecule has 102 valence electrons. The van der Waals surface area contributed by atoms with E-state index in [4.69, 9.17) is 0 Å². The van der Waals surface area contributed by atoms with E-state index in [1.807, 2.05) is 0 Å². The average Bonchev–Trinajstić information content (AvgIpc) is 2.55. The van der Waals surface area contributed by atoms with Gasteiger partial charge in [0.15, 0.2) is 0 Å². The average molecular weight is 250 g/mol. The molecule has 0 aliphatic carbocycles. The molecule has 4 nitrogen and oxygen atoms in total. The first-order valence-electron chi connectivity index (χ1n) is 6.93. The minimum Gasteiger partial charge on any atom is -0.309 e. The molecule has 1 aromatic heterocycles. The Morgan fingerprint density at radius 1 is 1.33 bits per heavy atom. The molecular formula is C14H26N4. The Morgan fingerprint density at radius 2 is 2.06 bits per heavy atom. The van der Waals surface area contributed by atoms with Gasteiger partial charge in [0.1, 0.15) is 0 Å². The van der Waals surface area contributed by atoms with Gasteiger partial charge in [-0.1, -0.05) is 0 Å². The third-order valence-corrected chi connectivity index (χ3v) is 3.86. The molecule has 1 N–H and O–H groups in total. The maximum Gasteiger partial charge on any atom is 0.0641 e. The molecule has 1 aliphatic rings. The second-order valence-corrected chi connectivity index (χ2v) is 5.99. The SMILES string of the molecule is CCn1nc(C)c(CN2CCNC(C)(C)C2)c1C. The Morgan fingerprint density at radius 3 is 2.61 bits per heavy atom. The molecule has 0 saturated carbocycles. The Labute approximate surface area is 110 Å². The van der Waals surface area contributed by atoms with Crippen LogP contribution in [0.1, 0.15) is 37.7 Å². The smallest absolute Gasteiger partial charge is 0.0641 e. The van der Waals surface area contributed by atoms with Crippen molar-refractivity contribution >= 4 is 0 Å². The second kappa shape index (κ2) is 5.02. The Bertz CT molecular complexity index is 420. The number of piperazine rings is 1. The van der Waals surface area contributed by atoms with Gasteiger partial charge in [0.2, 0.25) is 0 Å². The van der Waals surface area contributed by atoms with E-state index in [2.05, 4.69) is 54.6 Å². The fourth-order valence-electron chi connectivity index (χ4n) is 2.88. The van der Waals surface area contributed by atoms with Gasteiger partial charge in [0.05, 0.1) is 5.69 Å². The molecule has 0 atom stereocenters. The molecule has 0 spiro atoms. The summed E-state index contributed by atoms with van der Waals surface area (Å²) in [5.74, 6) is 0. The van der Waals surface area contributed by atoms with Gasteiger partial charge >= 0.3 is 0 Å². The first kappa shape index (κ1) is 13.6. The van der Waals surface area contributed by atoms with Crippen LogP contribution in [0.4, 0.5) is 0 Å². The van der Waals surface area contributed by atoms with Crippen molar-refractivity contribution in [1.82, 2.24) is 20.0 Å². The lowest BCUT2D eigenvalue weighted by molar-refractivity contribution is 0.148. The van der Waals surface area contributed by atoms with Crippen molar-refractivity contribution in [2.75, 3.05) is 19.6 Å². The monoisotopic (exact) mass is 250 g/mol. The van der Waals surface area contributed by atoms with E-state index in [1.54, 1.807) is 0 Å². The van der Waals surface area contributed by atoms with Crippen LogP contribution in [0.25, 0.3) is 0 Å². The molecule has 0 bridgehead atoms. The highest BCUT2D eigenvalue weighted by Crippen LogP contribution is 2.18. The molecule has 1 saturated heterocycles. The summed E-state index contributed by atoms with van der Waals surface area (Å²) in [6, 6.07) is 0. The predicted octanol–water partition coefficient (Wildman–Crippen LogP) is 1.70. The summed E-state index contributed by atoms with van der Waals surface area (Å²) in [6.07, 6.45) is 0. The maximum absolute atomic E-state index is 4.60. The zero-order valence-corrected chi connectivity index (χ0v) is 12.4. The van der Waals surface area contributed by atoms with Crippen LogP contribution in [0.5, 0.6) is 0 Å². The summed E-state index contributed by atoms with van der Waals surface area (Å²) >= 11 is 0. The molecule has 2 heterocycles. The van der Waals surface area contributed by atoms with Gasteiger partial charge in [-0.05, 0) is 34.6 Å². The normalized spacial score (nSPS) is 20.3. The fourth-order valence-corrected chi connectivity index (χ4v) is 2.88. The van der Waals surface area contributed by atoms with Crippen LogP contribution in [0.3, 0.4) is 0 Å². The molecule has 4 heteroatoms. The molecule has 0 aromatic carbocycles. The lowest BCUT2D eigenvalue weighted by atomic mass is 10.0. The standard InChI is InChI=1S/C14H26N4/c1-6-18-12(3)13(11(2)16-18)9-17-8-7-15-14(4,5)10-17/h15H,6-10H2,1-5H3. The third kappa shape index (κ3) is 2.75. The highest BCUT2D eigenvalue weighted by molar-refractivity contribution is 5.24. The lowest BCUT2D eigenvalue weighted by Gasteiger charge is -2.39. The zero-order chi connectivity index (χ0) is 13.3. The van der Waals surface area contributed by atoms with Gasteiger partial charge in [-0.3, -0.25) is 9.58 Å². The summed E-state index contributed by atoms with van der Waals surface area (Å²) in [5, 5.41) is 8.16.